The maximum absolute atomic E-state index is 10.5. The predicted molar refractivity (Wildman–Crippen MR) is 61.2 cm³/mol. The third kappa shape index (κ3) is 2.54. The Bertz CT molecular complexity index is 552. The number of aromatic nitrogens is 5. The molecule has 0 unspecified atom stereocenters. The summed E-state index contributed by atoms with van der Waals surface area (Å²) in [5, 5.41) is 22.7. The van der Waals surface area contributed by atoms with E-state index in [1.165, 1.54) is 16.0 Å². The van der Waals surface area contributed by atoms with Gasteiger partial charge in [-0.25, -0.2) is 5.84 Å². The number of halogens is 1. The lowest BCUT2D eigenvalue weighted by Crippen LogP contribution is -2.05. The summed E-state index contributed by atoms with van der Waals surface area (Å²) in [5.41, 5.74) is 2.35. The Balaban J connectivity index is 2.20. The number of nitrogens with one attached hydrogen (secondary N) is 1. The summed E-state index contributed by atoms with van der Waals surface area (Å²) < 4.78 is 1.56. The normalized spacial score (nSPS) is 10.5. The number of nitrogens with two attached hydrogens (primary N) is 1. The van der Waals surface area contributed by atoms with E-state index in [4.69, 9.17) is 5.84 Å². The van der Waals surface area contributed by atoms with Crippen LogP contribution in [0.15, 0.2) is 4.73 Å². The highest BCUT2D eigenvalue weighted by Gasteiger charge is 2.20. The van der Waals surface area contributed by atoms with Crippen molar-refractivity contribution in [3.05, 3.63) is 19.9 Å². The summed E-state index contributed by atoms with van der Waals surface area (Å²) in [7, 11) is 0. The molecule has 0 atom stereocenters. The fourth-order valence-electron chi connectivity index (χ4n) is 0.994. The van der Waals surface area contributed by atoms with Crippen LogP contribution in [0.5, 0.6) is 0 Å². The fourth-order valence-corrected chi connectivity index (χ4v) is 1.99. The standard InChI is InChI=1S/C5H5BrN8O2S/c6-3-8-4(14(15)16)12-13(3)1-2-10-11-5(9-7)17-2/h1,7H2,(H,9,11). The summed E-state index contributed by atoms with van der Waals surface area (Å²) in [5.74, 6) is 4.68. The van der Waals surface area contributed by atoms with Crippen molar-refractivity contribution in [3.8, 4) is 0 Å². The predicted octanol–water partition coefficient (Wildman–Crippen LogP) is 0.134. The zero-order valence-corrected chi connectivity index (χ0v) is 10.5. The van der Waals surface area contributed by atoms with E-state index >= 15 is 0 Å². The molecule has 0 spiro atoms. The average molecular weight is 321 g/mol. The van der Waals surface area contributed by atoms with Crippen LogP contribution in [0, 0.1) is 10.1 Å². The van der Waals surface area contributed by atoms with E-state index in [0.29, 0.717) is 10.1 Å². The van der Waals surface area contributed by atoms with E-state index in [2.05, 4.69) is 41.6 Å². The number of hydrogen-bond donors (Lipinski definition) is 2. The smallest absolute Gasteiger partial charge is 0.390 e. The average Bonchev–Trinajstić information content (AvgIpc) is 2.87. The lowest BCUT2D eigenvalue weighted by Gasteiger charge is -1.91. The molecule has 0 aliphatic carbocycles. The first-order valence-corrected chi connectivity index (χ1v) is 5.75. The highest BCUT2D eigenvalue weighted by molar-refractivity contribution is 9.10. The Morgan fingerprint density at radius 1 is 1.59 bits per heavy atom. The van der Waals surface area contributed by atoms with Gasteiger partial charge in [-0.2, -0.15) is 4.68 Å². The number of nitro groups is 1. The van der Waals surface area contributed by atoms with Gasteiger partial charge in [0.05, 0.1) is 0 Å². The van der Waals surface area contributed by atoms with Gasteiger partial charge in [-0.05, 0) is 9.91 Å². The maximum Gasteiger partial charge on any atom is 0.492 e. The molecule has 2 aromatic heterocycles. The second-order valence-electron chi connectivity index (χ2n) is 2.74. The Hall–Kier alpha value is -1.66. The zero-order valence-electron chi connectivity index (χ0n) is 8.07. The third-order valence-electron chi connectivity index (χ3n) is 1.65. The van der Waals surface area contributed by atoms with Crippen molar-refractivity contribution in [1.29, 1.82) is 0 Å². The molecule has 10 nitrogen and oxygen atoms in total. The molecule has 3 N–H and O–H groups in total. The molecule has 12 heteroatoms. The molecule has 0 aliphatic heterocycles. The molecule has 2 rings (SSSR count). The Labute approximate surface area is 106 Å². The van der Waals surface area contributed by atoms with E-state index < -0.39 is 10.9 Å². The number of nitrogens with zero attached hydrogens (tertiary/aromatic N) is 6. The van der Waals surface area contributed by atoms with Crippen LogP contribution in [-0.2, 0) is 6.54 Å². The number of hydrogen-bond acceptors (Lipinski definition) is 9. The fraction of sp³-hybridized carbons (Fsp3) is 0.200. The van der Waals surface area contributed by atoms with Crippen molar-refractivity contribution >= 4 is 38.3 Å². The summed E-state index contributed by atoms with van der Waals surface area (Å²) >= 11 is 4.28. The van der Waals surface area contributed by atoms with Crippen LogP contribution in [0.25, 0.3) is 0 Å². The first-order valence-electron chi connectivity index (χ1n) is 4.14. The van der Waals surface area contributed by atoms with Gasteiger partial charge < -0.3 is 10.1 Å². The first-order chi connectivity index (χ1) is 8.10. The topological polar surface area (TPSA) is 138 Å². The second-order valence-corrected chi connectivity index (χ2v) is 4.51. The van der Waals surface area contributed by atoms with E-state index in [0.717, 1.165) is 0 Å². The van der Waals surface area contributed by atoms with Crippen LogP contribution in [0.4, 0.5) is 11.1 Å². The van der Waals surface area contributed by atoms with Gasteiger partial charge in [0.15, 0.2) is 0 Å². The van der Waals surface area contributed by atoms with Gasteiger partial charge in [-0.1, -0.05) is 11.3 Å². The van der Waals surface area contributed by atoms with Gasteiger partial charge >= 0.3 is 5.95 Å². The molecule has 0 amide bonds. The lowest BCUT2D eigenvalue weighted by atomic mass is 10.7. The quantitative estimate of drug-likeness (QED) is 0.460. The molecule has 90 valence electrons. The highest BCUT2D eigenvalue weighted by atomic mass is 79.9. The zero-order chi connectivity index (χ0) is 12.4. The minimum Gasteiger partial charge on any atom is -0.390 e. The van der Waals surface area contributed by atoms with Crippen molar-refractivity contribution in [2.24, 2.45) is 5.84 Å². The van der Waals surface area contributed by atoms with Crippen molar-refractivity contribution < 1.29 is 4.92 Å². The van der Waals surface area contributed by atoms with Gasteiger partial charge in [-0.15, -0.1) is 10.2 Å². The third-order valence-corrected chi connectivity index (χ3v) is 3.08. The minimum atomic E-state index is -0.672. The molecule has 2 aromatic rings. The summed E-state index contributed by atoms with van der Waals surface area (Å²) in [6, 6.07) is 0. The number of rotatable bonds is 4. The van der Waals surface area contributed by atoms with E-state index in [-0.39, 0.29) is 11.3 Å². The Morgan fingerprint density at radius 2 is 2.35 bits per heavy atom. The molecule has 0 saturated heterocycles. The summed E-state index contributed by atoms with van der Waals surface area (Å²) in [6.07, 6.45) is 0. The molecule has 0 fully saturated rings. The van der Waals surface area contributed by atoms with Gasteiger partial charge in [0.1, 0.15) is 11.6 Å². The van der Waals surface area contributed by atoms with Crippen LogP contribution in [0.1, 0.15) is 5.01 Å². The minimum absolute atomic E-state index is 0.223. The molecular formula is C5H5BrN8O2S. The maximum atomic E-state index is 10.5. The first kappa shape index (κ1) is 11.8. The van der Waals surface area contributed by atoms with Crippen molar-refractivity contribution in [2.75, 3.05) is 5.43 Å². The number of hydrazine groups is 1. The molecule has 0 bridgehead atoms. The Kier molecular flexibility index (Phi) is 3.26. The van der Waals surface area contributed by atoms with Crippen molar-refractivity contribution in [1.82, 2.24) is 25.0 Å². The number of nitrogen functional groups attached to an aromatic ring is 1. The molecule has 0 saturated carbocycles. The van der Waals surface area contributed by atoms with Crippen molar-refractivity contribution in [2.45, 2.75) is 6.54 Å². The van der Waals surface area contributed by atoms with Crippen molar-refractivity contribution in [3.63, 3.8) is 0 Å². The summed E-state index contributed by atoms with van der Waals surface area (Å²) in [6.45, 7) is 0.223. The van der Waals surface area contributed by atoms with Crippen LogP contribution in [0.3, 0.4) is 0 Å². The molecular weight excluding hydrogens is 316 g/mol. The largest absolute Gasteiger partial charge is 0.492 e. The lowest BCUT2D eigenvalue weighted by molar-refractivity contribution is -0.394. The summed E-state index contributed by atoms with van der Waals surface area (Å²) in [4.78, 5) is 13.4. The molecule has 0 aliphatic rings. The van der Waals surface area contributed by atoms with E-state index in [1.807, 2.05) is 0 Å². The van der Waals surface area contributed by atoms with Crippen LogP contribution in [-0.4, -0.2) is 29.9 Å². The number of anilines is 1. The van der Waals surface area contributed by atoms with Crippen LogP contribution >= 0.6 is 27.3 Å². The monoisotopic (exact) mass is 320 g/mol. The van der Waals surface area contributed by atoms with Gasteiger partial charge in [0.25, 0.3) is 4.73 Å². The van der Waals surface area contributed by atoms with Gasteiger partial charge in [0, 0.05) is 21.0 Å². The Morgan fingerprint density at radius 3 is 2.88 bits per heavy atom. The molecule has 17 heavy (non-hydrogen) atoms. The van der Waals surface area contributed by atoms with Crippen LogP contribution < -0.4 is 11.3 Å². The SMILES string of the molecule is NNc1nnc(Cn2nc([N+](=O)[O-])nc2Br)s1. The van der Waals surface area contributed by atoms with Crippen LogP contribution in [0.2, 0.25) is 0 Å². The van der Waals surface area contributed by atoms with Gasteiger partial charge in [0.2, 0.25) is 5.13 Å². The molecule has 2 heterocycles. The molecule has 0 radical (unpaired) electrons. The second kappa shape index (κ2) is 4.68. The van der Waals surface area contributed by atoms with Gasteiger partial charge in [-0.3, -0.25) is 5.43 Å². The van der Waals surface area contributed by atoms with E-state index in [1.54, 1.807) is 0 Å². The van der Waals surface area contributed by atoms with E-state index in [9.17, 15) is 10.1 Å². The highest BCUT2D eigenvalue weighted by Crippen LogP contribution is 2.18. The molecule has 0 aromatic carbocycles.